The normalized spacial score (nSPS) is 21.8. The van der Waals surface area contributed by atoms with Crippen molar-refractivity contribution in [2.45, 2.75) is 37.6 Å². The number of nitrogens with one attached hydrogen (secondary N) is 1. The maximum atomic E-state index is 12.1. The summed E-state index contributed by atoms with van der Waals surface area (Å²) in [5.41, 5.74) is -1.09. The molecule has 0 unspecified atom stereocenters. The molecule has 0 atom stereocenters. The number of esters is 1. The van der Waals surface area contributed by atoms with Gasteiger partial charge in [0.2, 0.25) is 0 Å². The summed E-state index contributed by atoms with van der Waals surface area (Å²) in [5, 5.41) is 11.8. The third-order valence-corrected chi connectivity index (χ3v) is 4.28. The summed E-state index contributed by atoms with van der Waals surface area (Å²) in [7, 11) is 1.36. The van der Waals surface area contributed by atoms with Crippen LogP contribution in [0.15, 0.2) is 0 Å². The number of carboxylic acids is 1. The SMILES string of the molecule is COC(=O)C1CCN(C(=O)NC2(C(=O)O)CCC2)CC1. The quantitative estimate of drug-likeness (QED) is 0.739. The fraction of sp³-hybridized carbons (Fsp3) is 0.769. The van der Waals surface area contributed by atoms with E-state index in [0.717, 1.165) is 6.42 Å². The number of hydrogen-bond acceptors (Lipinski definition) is 4. The third-order valence-electron chi connectivity index (χ3n) is 4.28. The van der Waals surface area contributed by atoms with Crippen molar-refractivity contribution in [3.05, 3.63) is 0 Å². The van der Waals surface area contributed by atoms with Crippen LogP contribution < -0.4 is 5.32 Å². The molecule has 2 amide bonds. The molecule has 1 aliphatic carbocycles. The molecule has 0 radical (unpaired) electrons. The van der Waals surface area contributed by atoms with Gasteiger partial charge in [0.15, 0.2) is 0 Å². The lowest BCUT2D eigenvalue weighted by molar-refractivity contribution is -0.148. The number of hydrogen-bond donors (Lipinski definition) is 2. The van der Waals surface area contributed by atoms with Crippen LogP contribution in [0.25, 0.3) is 0 Å². The van der Waals surface area contributed by atoms with Crippen LogP contribution in [0.3, 0.4) is 0 Å². The summed E-state index contributed by atoms with van der Waals surface area (Å²) in [6.07, 6.45) is 2.89. The minimum Gasteiger partial charge on any atom is -0.480 e. The van der Waals surface area contributed by atoms with E-state index in [1.165, 1.54) is 7.11 Å². The number of piperidine rings is 1. The molecule has 0 aromatic rings. The molecule has 112 valence electrons. The van der Waals surface area contributed by atoms with Gasteiger partial charge in [-0.05, 0) is 32.1 Å². The first kappa shape index (κ1) is 14.6. The molecule has 0 spiro atoms. The van der Waals surface area contributed by atoms with Crippen LogP contribution >= 0.6 is 0 Å². The molecule has 1 heterocycles. The van der Waals surface area contributed by atoms with Gasteiger partial charge in [0.05, 0.1) is 13.0 Å². The Labute approximate surface area is 117 Å². The molecule has 2 N–H and O–H groups in total. The molecule has 2 fully saturated rings. The molecule has 1 saturated carbocycles. The van der Waals surface area contributed by atoms with Crippen LogP contribution in [-0.2, 0) is 14.3 Å². The average molecular weight is 284 g/mol. The van der Waals surface area contributed by atoms with Crippen LogP contribution in [0.5, 0.6) is 0 Å². The number of urea groups is 1. The summed E-state index contributed by atoms with van der Waals surface area (Å²) in [5.74, 6) is -1.38. The van der Waals surface area contributed by atoms with E-state index in [4.69, 9.17) is 0 Å². The van der Waals surface area contributed by atoms with Gasteiger partial charge in [0, 0.05) is 13.1 Å². The molecule has 2 rings (SSSR count). The first-order valence-electron chi connectivity index (χ1n) is 6.87. The van der Waals surface area contributed by atoms with Gasteiger partial charge in [-0.2, -0.15) is 0 Å². The number of methoxy groups -OCH3 is 1. The molecule has 20 heavy (non-hydrogen) atoms. The molecular formula is C13H20N2O5. The Kier molecular flexibility index (Phi) is 4.15. The Hall–Kier alpha value is -1.79. The van der Waals surface area contributed by atoms with Gasteiger partial charge in [-0.25, -0.2) is 9.59 Å². The van der Waals surface area contributed by atoms with Crippen molar-refractivity contribution >= 4 is 18.0 Å². The highest BCUT2D eigenvalue weighted by atomic mass is 16.5. The second-order valence-electron chi connectivity index (χ2n) is 5.46. The maximum absolute atomic E-state index is 12.1. The number of nitrogens with zero attached hydrogens (tertiary/aromatic N) is 1. The molecule has 7 heteroatoms. The van der Waals surface area contributed by atoms with Crippen molar-refractivity contribution in [2.24, 2.45) is 5.92 Å². The summed E-state index contributed by atoms with van der Waals surface area (Å²) in [4.78, 5) is 36.3. The van der Waals surface area contributed by atoms with E-state index < -0.39 is 11.5 Å². The number of ether oxygens (including phenoxy) is 1. The van der Waals surface area contributed by atoms with E-state index in [0.29, 0.717) is 38.8 Å². The number of amides is 2. The zero-order valence-corrected chi connectivity index (χ0v) is 11.6. The molecule has 1 saturated heterocycles. The number of carbonyl (C=O) groups is 3. The molecular weight excluding hydrogens is 264 g/mol. The molecule has 0 aromatic carbocycles. The molecule has 1 aliphatic heterocycles. The van der Waals surface area contributed by atoms with Crippen molar-refractivity contribution in [3.63, 3.8) is 0 Å². The highest BCUT2D eigenvalue weighted by Crippen LogP contribution is 2.32. The Morgan fingerprint density at radius 2 is 1.85 bits per heavy atom. The fourth-order valence-electron chi connectivity index (χ4n) is 2.69. The van der Waals surface area contributed by atoms with Crippen LogP contribution in [0.4, 0.5) is 4.79 Å². The van der Waals surface area contributed by atoms with Crippen molar-refractivity contribution < 1.29 is 24.2 Å². The van der Waals surface area contributed by atoms with Crippen molar-refractivity contribution in [1.29, 1.82) is 0 Å². The van der Waals surface area contributed by atoms with Crippen LogP contribution in [0, 0.1) is 5.92 Å². The second kappa shape index (κ2) is 5.68. The van der Waals surface area contributed by atoms with Gasteiger partial charge >= 0.3 is 18.0 Å². The summed E-state index contributed by atoms with van der Waals surface area (Å²) < 4.78 is 4.69. The Balaban J connectivity index is 1.86. The highest BCUT2D eigenvalue weighted by molar-refractivity contribution is 5.87. The molecule has 7 nitrogen and oxygen atoms in total. The van der Waals surface area contributed by atoms with Gasteiger partial charge in [-0.1, -0.05) is 0 Å². The highest BCUT2D eigenvalue weighted by Gasteiger charge is 2.46. The Morgan fingerprint density at radius 1 is 1.25 bits per heavy atom. The van der Waals surface area contributed by atoms with Gasteiger partial charge in [-0.3, -0.25) is 4.79 Å². The number of aliphatic carboxylic acids is 1. The number of rotatable bonds is 3. The molecule has 0 bridgehead atoms. The monoisotopic (exact) mass is 284 g/mol. The van der Waals surface area contributed by atoms with E-state index in [2.05, 4.69) is 10.1 Å². The summed E-state index contributed by atoms with van der Waals surface area (Å²) >= 11 is 0. The van der Waals surface area contributed by atoms with Gasteiger partial charge in [-0.15, -0.1) is 0 Å². The van der Waals surface area contributed by atoms with E-state index in [1.807, 2.05) is 0 Å². The predicted octanol–water partition coefficient (Wildman–Crippen LogP) is 0.588. The van der Waals surface area contributed by atoms with Gasteiger partial charge in [0.1, 0.15) is 5.54 Å². The zero-order valence-electron chi connectivity index (χ0n) is 11.6. The lowest BCUT2D eigenvalue weighted by Crippen LogP contribution is -2.62. The minimum atomic E-state index is -1.09. The number of likely N-dealkylation sites (tertiary alicyclic amines) is 1. The van der Waals surface area contributed by atoms with Crippen molar-refractivity contribution in [1.82, 2.24) is 10.2 Å². The van der Waals surface area contributed by atoms with Crippen LogP contribution in [0.2, 0.25) is 0 Å². The lowest BCUT2D eigenvalue weighted by Gasteiger charge is -2.40. The fourth-order valence-corrected chi connectivity index (χ4v) is 2.69. The van der Waals surface area contributed by atoms with E-state index in [1.54, 1.807) is 4.90 Å². The van der Waals surface area contributed by atoms with E-state index in [-0.39, 0.29) is 17.9 Å². The second-order valence-corrected chi connectivity index (χ2v) is 5.46. The zero-order chi connectivity index (χ0) is 14.8. The predicted molar refractivity (Wildman–Crippen MR) is 69.1 cm³/mol. The Bertz CT molecular complexity index is 411. The first-order valence-corrected chi connectivity index (χ1v) is 6.87. The van der Waals surface area contributed by atoms with Crippen molar-refractivity contribution in [3.8, 4) is 0 Å². The van der Waals surface area contributed by atoms with Crippen molar-refractivity contribution in [2.75, 3.05) is 20.2 Å². The molecule has 0 aromatic heterocycles. The number of carboxylic acid groups (broad SMARTS) is 1. The van der Waals surface area contributed by atoms with Crippen LogP contribution in [0.1, 0.15) is 32.1 Å². The molecule has 2 aliphatic rings. The average Bonchev–Trinajstić information content (AvgIpc) is 2.41. The largest absolute Gasteiger partial charge is 0.480 e. The summed E-state index contributed by atoms with van der Waals surface area (Å²) in [6.45, 7) is 0.891. The smallest absolute Gasteiger partial charge is 0.329 e. The summed E-state index contributed by atoms with van der Waals surface area (Å²) in [6, 6.07) is -0.351. The first-order chi connectivity index (χ1) is 9.48. The minimum absolute atomic E-state index is 0.166. The lowest BCUT2D eigenvalue weighted by atomic mass is 9.77. The Morgan fingerprint density at radius 3 is 2.25 bits per heavy atom. The van der Waals surface area contributed by atoms with E-state index >= 15 is 0 Å². The van der Waals surface area contributed by atoms with Crippen LogP contribution in [-0.4, -0.2) is 53.7 Å². The van der Waals surface area contributed by atoms with Gasteiger partial charge in [0.25, 0.3) is 0 Å². The van der Waals surface area contributed by atoms with Gasteiger partial charge < -0.3 is 20.1 Å². The maximum Gasteiger partial charge on any atom is 0.329 e. The standard InChI is InChI=1S/C13H20N2O5/c1-20-10(16)9-3-7-15(8-4-9)12(19)14-13(11(17)18)5-2-6-13/h9H,2-8H2,1H3,(H,14,19)(H,17,18). The topological polar surface area (TPSA) is 95.9 Å². The third kappa shape index (κ3) is 2.71. The van der Waals surface area contributed by atoms with E-state index in [9.17, 15) is 19.5 Å². The number of carbonyl (C=O) groups excluding carboxylic acids is 2.